The number of nitrogens with two attached hydrogens (primary N) is 1. The summed E-state index contributed by atoms with van der Waals surface area (Å²) in [6.45, 7) is 3.84. The van der Waals surface area contributed by atoms with Gasteiger partial charge in [-0.3, -0.25) is 5.43 Å². The Morgan fingerprint density at radius 1 is 1.25 bits per heavy atom. The Morgan fingerprint density at radius 3 is 2.54 bits per heavy atom. The Kier molecular flexibility index (Phi) is 5.87. The van der Waals surface area contributed by atoms with Gasteiger partial charge in [0.1, 0.15) is 0 Å². The minimum Gasteiger partial charge on any atom is -0.375 e. The molecule has 146 valence electrons. The molecule has 3 N–H and O–H groups in total. The van der Waals surface area contributed by atoms with Crippen molar-refractivity contribution in [3.63, 3.8) is 0 Å². The summed E-state index contributed by atoms with van der Waals surface area (Å²) in [5.74, 6) is 0. The number of halogens is 1. The lowest BCUT2D eigenvalue weighted by atomic mass is 10.1. The molecule has 28 heavy (non-hydrogen) atoms. The topological polar surface area (TPSA) is 89.5 Å². The zero-order chi connectivity index (χ0) is 20.5. The van der Waals surface area contributed by atoms with Crippen molar-refractivity contribution in [1.82, 2.24) is 9.40 Å². The first-order chi connectivity index (χ1) is 13.2. The Balaban J connectivity index is 2.26. The van der Waals surface area contributed by atoms with Crippen molar-refractivity contribution >= 4 is 59.9 Å². The molecule has 0 radical (unpaired) electrons. The van der Waals surface area contributed by atoms with Gasteiger partial charge < -0.3 is 5.73 Å². The van der Waals surface area contributed by atoms with Crippen LogP contribution >= 0.6 is 28.1 Å². The molecule has 0 saturated carbocycles. The van der Waals surface area contributed by atoms with Crippen molar-refractivity contribution in [2.24, 2.45) is 10.8 Å². The maximum Gasteiger partial charge on any atom is 0.268 e. The molecule has 0 spiro atoms. The molecule has 0 bridgehead atoms. The zero-order valence-electron chi connectivity index (χ0n) is 15.3. The summed E-state index contributed by atoms with van der Waals surface area (Å²) in [7, 11) is -3.77. The number of nitrogens with zero attached hydrogens (tertiary/aromatic N) is 2. The van der Waals surface area contributed by atoms with E-state index in [9.17, 15) is 8.42 Å². The molecule has 0 unspecified atom stereocenters. The SMILES string of the molecule is CC/C(=N/NC(N)=S)c1cn(S(=O)(=O)c2ccc(C)cc2)c2ccc(Br)cc12. The van der Waals surface area contributed by atoms with E-state index in [1.54, 1.807) is 36.5 Å². The number of aryl methyl sites for hydroxylation is 1. The first-order valence-corrected chi connectivity index (χ1v) is 11.1. The Hall–Kier alpha value is -2.23. The number of rotatable bonds is 5. The van der Waals surface area contributed by atoms with Crippen molar-refractivity contribution in [3.05, 3.63) is 64.3 Å². The van der Waals surface area contributed by atoms with E-state index in [-0.39, 0.29) is 10.0 Å². The van der Waals surface area contributed by atoms with Gasteiger partial charge in [-0.25, -0.2) is 12.4 Å². The van der Waals surface area contributed by atoms with Crippen LogP contribution in [-0.4, -0.2) is 23.2 Å². The summed E-state index contributed by atoms with van der Waals surface area (Å²) >= 11 is 8.28. The first-order valence-electron chi connectivity index (χ1n) is 8.49. The lowest BCUT2D eigenvalue weighted by Crippen LogP contribution is -2.25. The van der Waals surface area contributed by atoms with E-state index >= 15 is 0 Å². The van der Waals surface area contributed by atoms with Crippen LogP contribution in [0.3, 0.4) is 0 Å². The number of hydrogen-bond donors (Lipinski definition) is 2. The monoisotopic (exact) mass is 478 g/mol. The molecule has 0 atom stereocenters. The van der Waals surface area contributed by atoms with E-state index in [1.807, 2.05) is 26.0 Å². The third-order valence-electron chi connectivity index (χ3n) is 4.26. The van der Waals surface area contributed by atoms with E-state index in [0.717, 1.165) is 15.4 Å². The standard InChI is InChI=1S/C19H19BrN4O2S2/c1-3-17(22-23-19(21)27)16-11-24(18-9-6-13(20)10-15(16)18)28(25,26)14-7-4-12(2)5-8-14/h4-11H,3H2,1-2H3,(H3,21,23,27)/b22-17-. The Labute approximate surface area is 177 Å². The van der Waals surface area contributed by atoms with Gasteiger partial charge in [0.25, 0.3) is 10.0 Å². The number of hydrazone groups is 1. The fourth-order valence-corrected chi connectivity index (χ4v) is 4.65. The highest BCUT2D eigenvalue weighted by Gasteiger charge is 2.23. The minimum atomic E-state index is -3.77. The number of benzene rings is 2. The molecule has 0 aliphatic rings. The summed E-state index contributed by atoms with van der Waals surface area (Å²) in [6, 6.07) is 12.2. The van der Waals surface area contributed by atoms with E-state index in [0.29, 0.717) is 23.2 Å². The molecule has 0 aliphatic carbocycles. The van der Waals surface area contributed by atoms with Gasteiger partial charge in [0, 0.05) is 21.6 Å². The van der Waals surface area contributed by atoms with Crippen LogP contribution in [0.4, 0.5) is 0 Å². The smallest absolute Gasteiger partial charge is 0.268 e. The van der Waals surface area contributed by atoms with Gasteiger partial charge >= 0.3 is 0 Å². The molecule has 3 aromatic rings. The molecular formula is C19H19BrN4O2S2. The maximum absolute atomic E-state index is 13.3. The third kappa shape index (κ3) is 3.96. The highest BCUT2D eigenvalue weighted by molar-refractivity contribution is 9.10. The molecule has 0 saturated heterocycles. The van der Waals surface area contributed by atoms with Crippen molar-refractivity contribution in [1.29, 1.82) is 0 Å². The largest absolute Gasteiger partial charge is 0.375 e. The average Bonchev–Trinajstić information content (AvgIpc) is 3.02. The average molecular weight is 479 g/mol. The third-order valence-corrected chi connectivity index (χ3v) is 6.53. The van der Waals surface area contributed by atoms with Gasteiger partial charge in [-0.2, -0.15) is 5.10 Å². The van der Waals surface area contributed by atoms with Gasteiger partial charge in [0.2, 0.25) is 0 Å². The molecule has 9 heteroatoms. The summed E-state index contributed by atoms with van der Waals surface area (Å²) in [4.78, 5) is 0.223. The number of thiocarbonyl (C=S) groups is 1. The number of fused-ring (bicyclic) bond motifs is 1. The van der Waals surface area contributed by atoms with Crippen LogP contribution in [0.25, 0.3) is 10.9 Å². The van der Waals surface area contributed by atoms with Crippen molar-refractivity contribution in [2.45, 2.75) is 25.2 Å². The number of aromatic nitrogens is 1. The highest BCUT2D eigenvalue weighted by atomic mass is 79.9. The van der Waals surface area contributed by atoms with Crippen LogP contribution in [0.15, 0.2) is 63.1 Å². The second kappa shape index (κ2) is 8.02. The van der Waals surface area contributed by atoms with Crippen molar-refractivity contribution in [3.8, 4) is 0 Å². The van der Waals surface area contributed by atoms with E-state index in [1.165, 1.54) is 3.97 Å². The molecule has 1 aromatic heterocycles. The quantitative estimate of drug-likeness (QED) is 0.329. The predicted octanol–water partition coefficient (Wildman–Crippen LogP) is 3.90. The molecule has 3 rings (SSSR count). The molecule has 6 nitrogen and oxygen atoms in total. The summed E-state index contributed by atoms with van der Waals surface area (Å²) < 4.78 is 28.7. The number of hydrogen-bond acceptors (Lipinski definition) is 4. The van der Waals surface area contributed by atoms with E-state index < -0.39 is 10.0 Å². The van der Waals surface area contributed by atoms with E-state index in [4.69, 9.17) is 18.0 Å². The summed E-state index contributed by atoms with van der Waals surface area (Å²) in [6.07, 6.45) is 2.15. The first kappa shape index (κ1) is 20.5. The highest BCUT2D eigenvalue weighted by Crippen LogP contribution is 2.29. The second-order valence-corrected chi connectivity index (χ2v) is 9.38. The normalized spacial score (nSPS) is 12.3. The Morgan fingerprint density at radius 2 is 1.93 bits per heavy atom. The fraction of sp³-hybridized carbons (Fsp3) is 0.158. The van der Waals surface area contributed by atoms with Gasteiger partial charge in [-0.15, -0.1) is 0 Å². The zero-order valence-corrected chi connectivity index (χ0v) is 18.5. The summed E-state index contributed by atoms with van der Waals surface area (Å²) in [5.41, 5.74) is 11.0. The molecule has 0 aliphatic heterocycles. The van der Waals surface area contributed by atoms with Gasteiger partial charge in [-0.1, -0.05) is 40.5 Å². The minimum absolute atomic E-state index is 0.0446. The van der Waals surface area contributed by atoms with E-state index in [2.05, 4.69) is 26.5 Å². The van der Waals surface area contributed by atoms with Crippen LogP contribution in [0.1, 0.15) is 24.5 Å². The Bertz CT molecular complexity index is 1180. The lowest BCUT2D eigenvalue weighted by Gasteiger charge is -2.08. The van der Waals surface area contributed by atoms with Crippen LogP contribution in [-0.2, 0) is 10.0 Å². The fourth-order valence-electron chi connectivity index (χ4n) is 2.88. The molecule has 0 amide bonds. The van der Waals surface area contributed by atoms with Crippen molar-refractivity contribution < 1.29 is 8.42 Å². The van der Waals surface area contributed by atoms with Crippen LogP contribution in [0.2, 0.25) is 0 Å². The molecular weight excluding hydrogens is 460 g/mol. The summed E-state index contributed by atoms with van der Waals surface area (Å²) in [5, 5.41) is 5.05. The van der Waals surface area contributed by atoms with Crippen LogP contribution in [0.5, 0.6) is 0 Å². The van der Waals surface area contributed by atoms with Crippen molar-refractivity contribution in [2.75, 3.05) is 0 Å². The lowest BCUT2D eigenvalue weighted by molar-refractivity contribution is 0.589. The van der Waals surface area contributed by atoms with Gasteiger partial charge in [0.05, 0.1) is 16.1 Å². The molecule has 1 heterocycles. The predicted molar refractivity (Wildman–Crippen MR) is 120 cm³/mol. The second-order valence-electron chi connectivity index (χ2n) is 6.21. The number of nitrogens with one attached hydrogen (secondary N) is 1. The van der Waals surface area contributed by atoms with Gasteiger partial charge in [-0.05, 0) is 55.9 Å². The van der Waals surface area contributed by atoms with Crippen LogP contribution in [0, 0.1) is 6.92 Å². The van der Waals surface area contributed by atoms with Crippen LogP contribution < -0.4 is 11.2 Å². The maximum atomic E-state index is 13.3. The molecule has 0 fully saturated rings. The molecule has 2 aromatic carbocycles. The van der Waals surface area contributed by atoms with Gasteiger partial charge in [0.15, 0.2) is 5.11 Å².